The second-order valence-electron chi connectivity index (χ2n) is 4.54. The maximum absolute atomic E-state index is 13.4. The monoisotopic (exact) mass is 259 g/mol. The Labute approximate surface area is 106 Å². The van der Waals surface area contributed by atoms with Crippen molar-refractivity contribution in [3.8, 4) is 0 Å². The Hall–Kier alpha value is -1.19. The van der Waals surface area contributed by atoms with Gasteiger partial charge in [-0.2, -0.15) is 0 Å². The molecular weight excluding hydrogens is 239 g/mol. The van der Waals surface area contributed by atoms with E-state index >= 15 is 0 Å². The number of anilines is 1. The fourth-order valence-corrected chi connectivity index (χ4v) is 1.86. The maximum atomic E-state index is 13.4. The van der Waals surface area contributed by atoms with Crippen LogP contribution in [0.15, 0.2) is 12.1 Å². The van der Waals surface area contributed by atoms with Crippen LogP contribution in [0.2, 0.25) is 0 Å². The smallest absolute Gasteiger partial charge is 0.161 e. The van der Waals surface area contributed by atoms with Gasteiger partial charge in [-0.15, -0.1) is 0 Å². The van der Waals surface area contributed by atoms with Gasteiger partial charge in [0.2, 0.25) is 0 Å². The van der Waals surface area contributed by atoms with E-state index in [0.29, 0.717) is 18.5 Å². The number of hydrogen-bond acceptors (Lipinski definition) is 1. The van der Waals surface area contributed by atoms with E-state index in [9.17, 15) is 13.2 Å². The van der Waals surface area contributed by atoms with Gasteiger partial charge in [0.1, 0.15) is 5.82 Å². The Morgan fingerprint density at radius 1 is 1.06 bits per heavy atom. The Bertz CT molecular complexity index is 380. The van der Waals surface area contributed by atoms with Gasteiger partial charge in [0.15, 0.2) is 11.6 Å². The summed E-state index contributed by atoms with van der Waals surface area (Å²) in [7, 11) is 0. The van der Waals surface area contributed by atoms with Crippen molar-refractivity contribution in [3.63, 3.8) is 0 Å². The van der Waals surface area contributed by atoms with E-state index < -0.39 is 17.5 Å². The number of hydrogen-bond donors (Lipinski definition) is 1. The maximum Gasteiger partial charge on any atom is 0.161 e. The summed E-state index contributed by atoms with van der Waals surface area (Å²) in [4.78, 5) is 0. The van der Waals surface area contributed by atoms with Crippen LogP contribution >= 0.6 is 0 Å². The fourth-order valence-electron chi connectivity index (χ4n) is 1.86. The molecule has 1 aromatic rings. The third-order valence-electron chi connectivity index (χ3n) is 3.13. The van der Waals surface area contributed by atoms with Gasteiger partial charge in [-0.1, -0.05) is 33.1 Å². The standard InChI is InChI=1S/C14H20F3N/c1-3-5-6-10(4-2)9-18-14-8-12(16)11(15)7-13(14)17/h7-8,10,18H,3-6,9H2,1-2H3. The number of rotatable bonds is 7. The van der Waals surface area contributed by atoms with Crippen molar-refractivity contribution in [1.82, 2.24) is 0 Å². The zero-order valence-electron chi connectivity index (χ0n) is 10.9. The van der Waals surface area contributed by atoms with E-state index in [4.69, 9.17) is 0 Å². The van der Waals surface area contributed by atoms with Crippen LogP contribution < -0.4 is 5.32 Å². The zero-order chi connectivity index (χ0) is 13.5. The Balaban J connectivity index is 2.59. The molecule has 0 fully saturated rings. The average Bonchev–Trinajstić information content (AvgIpc) is 2.35. The van der Waals surface area contributed by atoms with Crippen molar-refractivity contribution >= 4 is 5.69 Å². The number of unbranched alkanes of at least 4 members (excludes halogenated alkanes) is 1. The van der Waals surface area contributed by atoms with Crippen LogP contribution in [0.3, 0.4) is 0 Å². The summed E-state index contributed by atoms with van der Waals surface area (Å²) in [6.07, 6.45) is 4.29. The topological polar surface area (TPSA) is 12.0 Å². The molecule has 0 aromatic heterocycles. The molecule has 0 aliphatic heterocycles. The molecule has 0 aliphatic rings. The summed E-state index contributed by atoms with van der Waals surface area (Å²) in [6.45, 7) is 4.78. The van der Waals surface area contributed by atoms with Crippen molar-refractivity contribution in [1.29, 1.82) is 0 Å². The first kappa shape index (κ1) is 14.9. The highest BCUT2D eigenvalue weighted by Gasteiger charge is 2.11. The lowest BCUT2D eigenvalue weighted by molar-refractivity contribution is 0.469. The molecular formula is C14H20F3N. The lowest BCUT2D eigenvalue weighted by Crippen LogP contribution is -2.14. The molecule has 1 N–H and O–H groups in total. The molecule has 0 saturated heterocycles. The highest BCUT2D eigenvalue weighted by molar-refractivity contribution is 5.45. The number of nitrogens with one attached hydrogen (secondary N) is 1. The minimum absolute atomic E-state index is 0.0313. The van der Waals surface area contributed by atoms with Gasteiger partial charge in [-0.05, 0) is 12.3 Å². The van der Waals surface area contributed by atoms with Crippen molar-refractivity contribution < 1.29 is 13.2 Å². The molecule has 1 rings (SSSR count). The van der Waals surface area contributed by atoms with Gasteiger partial charge in [0.25, 0.3) is 0 Å². The first-order chi connectivity index (χ1) is 8.58. The van der Waals surface area contributed by atoms with Crippen LogP contribution in [-0.4, -0.2) is 6.54 Å². The molecule has 0 spiro atoms. The predicted octanol–water partition coefficient (Wildman–Crippen LogP) is 4.73. The highest BCUT2D eigenvalue weighted by atomic mass is 19.2. The molecule has 1 unspecified atom stereocenters. The van der Waals surface area contributed by atoms with E-state index in [2.05, 4.69) is 19.2 Å². The van der Waals surface area contributed by atoms with Gasteiger partial charge in [0, 0.05) is 18.7 Å². The minimum atomic E-state index is -1.16. The van der Waals surface area contributed by atoms with E-state index in [-0.39, 0.29) is 5.69 Å². The van der Waals surface area contributed by atoms with E-state index in [1.165, 1.54) is 0 Å². The van der Waals surface area contributed by atoms with Crippen molar-refractivity contribution in [2.24, 2.45) is 5.92 Å². The summed E-state index contributed by atoms with van der Waals surface area (Å²) in [5.74, 6) is -2.51. The molecule has 1 nitrogen and oxygen atoms in total. The molecule has 0 aliphatic carbocycles. The molecule has 102 valence electrons. The SMILES string of the molecule is CCCCC(CC)CNc1cc(F)c(F)cc1F. The predicted molar refractivity (Wildman–Crippen MR) is 68.1 cm³/mol. The van der Waals surface area contributed by atoms with Gasteiger partial charge in [-0.3, -0.25) is 0 Å². The minimum Gasteiger partial charge on any atom is -0.382 e. The normalized spacial score (nSPS) is 12.5. The molecule has 18 heavy (non-hydrogen) atoms. The quantitative estimate of drug-likeness (QED) is 0.698. The van der Waals surface area contributed by atoms with E-state index in [1.807, 2.05) is 0 Å². The van der Waals surface area contributed by atoms with Crippen LogP contribution in [0.5, 0.6) is 0 Å². The Morgan fingerprint density at radius 3 is 2.33 bits per heavy atom. The van der Waals surface area contributed by atoms with Gasteiger partial charge < -0.3 is 5.32 Å². The molecule has 4 heteroatoms. The highest BCUT2D eigenvalue weighted by Crippen LogP contribution is 2.20. The summed E-state index contributed by atoms with van der Waals surface area (Å²) in [5.41, 5.74) is 0.0313. The molecule has 0 heterocycles. The van der Waals surface area contributed by atoms with Crippen LogP contribution in [0.4, 0.5) is 18.9 Å². The van der Waals surface area contributed by atoms with Crippen molar-refractivity contribution in [2.75, 3.05) is 11.9 Å². The third-order valence-corrected chi connectivity index (χ3v) is 3.13. The van der Waals surface area contributed by atoms with Crippen molar-refractivity contribution in [2.45, 2.75) is 39.5 Å². The summed E-state index contributed by atoms with van der Waals surface area (Å²) in [6, 6.07) is 1.45. The third kappa shape index (κ3) is 4.24. The summed E-state index contributed by atoms with van der Waals surface area (Å²) < 4.78 is 39.1. The zero-order valence-corrected chi connectivity index (χ0v) is 10.9. The van der Waals surface area contributed by atoms with Gasteiger partial charge in [0.05, 0.1) is 5.69 Å². The fraction of sp³-hybridized carbons (Fsp3) is 0.571. The second kappa shape index (κ2) is 7.29. The Morgan fingerprint density at radius 2 is 1.72 bits per heavy atom. The average molecular weight is 259 g/mol. The van der Waals surface area contributed by atoms with E-state index in [1.54, 1.807) is 0 Å². The second-order valence-corrected chi connectivity index (χ2v) is 4.54. The van der Waals surface area contributed by atoms with Crippen LogP contribution in [0.25, 0.3) is 0 Å². The van der Waals surface area contributed by atoms with Gasteiger partial charge >= 0.3 is 0 Å². The molecule has 0 saturated carbocycles. The summed E-state index contributed by atoms with van der Waals surface area (Å²) in [5, 5.41) is 2.86. The number of benzene rings is 1. The van der Waals surface area contributed by atoms with Crippen LogP contribution in [-0.2, 0) is 0 Å². The lowest BCUT2D eigenvalue weighted by atomic mass is 9.99. The van der Waals surface area contributed by atoms with Crippen molar-refractivity contribution in [3.05, 3.63) is 29.6 Å². The number of halogens is 3. The Kier molecular flexibility index (Phi) is 6.02. The lowest BCUT2D eigenvalue weighted by Gasteiger charge is -2.16. The first-order valence-electron chi connectivity index (χ1n) is 6.46. The van der Waals surface area contributed by atoms with Gasteiger partial charge in [-0.25, -0.2) is 13.2 Å². The summed E-state index contributed by atoms with van der Waals surface area (Å²) >= 11 is 0. The molecule has 1 aromatic carbocycles. The van der Waals surface area contributed by atoms with Crippen LogP contribution in [0, 0.1) is 23.4 Å². The van der Waals surface area contributed by atoms with E-state index in [0.717, 1.165) is 31.7 Å². The first-order valence-corrected chi connectivity index (χ1v) is 6.46. The van der Waals surface area contributed by atoms with Crippen LogP contribution in [0.1, 0.15) is 39.5 Å². The molecule has 0 radical (unpaired) electrons. The molecule has 0 amide bonds. The molecule has 1 atom stereocenters. The largest absolute Gasteiger partial charge is 0.382 e. The molecule has 0 bridgehead atoms.